The zero-order chi connectivity index (χ0) is 16.2. The first-order chi connectivity index (χ1) is 10.5. The molecule has 1 unspecified atom stereocenters. The van der Waals surface area contributed by atoms with Crippen LogP contribution in [-0.4, -0.2) is 63.8 Å². The maximum absolute atomic E-state index is 12.9. The molecule has 22 heavy (non-hydrogen) atoms. The molecular formula is C17H27N3O2. The molecule has 2 rings (SSSR count). The first-order valence-corrected chi connectivity index (χ1v) is 7.89. The summed E-state index contributed by atoms with van der Waals surface area (Å²) >= 11 is 0. The second-order valence-corrected chi connectivity index (χ2v) is 5.83. The quantitative estimate of drug-likeness (QED) is 0.639. The Morgan fingerprint density at radius 1 is 1.27 bits per heavy atom. The van der Waals surface area contributed by atoms with Crippen molar-refractivity contribution in [3.8, 4) is 0 Å². The van der Waals surface area contributed by atoms with Crippen LogP contribution in [0.25, 0.3) is 0 Å². The lowest BCUT2D eigenvalue weighted by Crippen LogP contribution is -2.60. The molecule has 0 aromatic heterocycles. The minimum Gasteiger partial charge on any atom is -0.378 e. The van der Waals surface area contributed by atoms with Crippen molar-refractivity contribution in [1.82, 2.24) is 10.2 Å². The molecule has 1 atom stereocenters. The number of likely N-dealkylation sites (N-methyl/N-ethyl adjacent to an activating group) is 2. The number of nitrogens with zero attached hydrogens (tertiary/aromatic N) is 2. The number of ether oxygens (including phenoxy) is 1. The van der Waals surface area contributed by atoms with Crippen LogP contribution in [0.1, 0.15) is 23.7 Å². The highest BCUT2D eigenvalue weighted by Gasteiger charge is 2.37. The first kappa shape index (κ1) is 16.9. The topological polar surface area (TPSA) is 44.8 Å². The summed E-state index contributed by atoms with van der Waals surface area (Å²) < 4.78 is 5.37. The van der Waals surface area contributed by atoms with E-state index in [9.17, 15) is 4.79 Å². The van der Waals surface area contributed by atoms with E-state index < -0.39 is 5.66 Å². The van der Waals surface area contributed by atoms with Gasteiger partial charge in [0, 0.05) is 24.3 Å². The van der Waals surface area contributed by atoms with Crippen LogP contribution in [0, 0.1) is 0 Å². The summed E-state index contributed by atoms with van der Waals surface area (Å²) in [5, 5.41) is 3.19. The van der Waals surface area contributed by atoms with Gasteiger partial charge in [-0.05, 0) is 51.8 Å². The van der Waals surface area contributed by atoms with Gasteiger partial charge in [0.05, 0.1) is 13.2 Å². The van der Waals surface area contributed by atoms with E-state index in [0.29, 0.717) is 6.42 Å². The van der Waals surface area contributed by atoms with E-state index in [1.807, 2.05) is 57.2 Å². The fourth-order valence-corrected chi connectivity index (χ4v) is 3.08. The van der Waals surface area contributed by atoms with Gasteiger partial charge in [-0.15, -0.1) is 0 Å². The Morgan fingerprint density at radius 3 is 2.32 bits per heavy atom. The van der Waals surface area contributed by atoms with Crippen molar-refractivity contribution in [2.24, 2.45) is 0 Å². The molecule has 1 fully saturated rings. The van der Waals surface area contributed by atoms with E-state index in [2.05, 4.69) is 10.2 Å². The lowest BCUT2D eigenvalue weighted by atomic mass is 9.94. The Bertz CT molecular complexity index is 489. The molecule has 0 bridgehead atoms. The van der Waals surface area contributed by atoms with E-state index >= 15 is 0 Å². The van der Waals surface area contributed by atoms with Gasteiger partial charge in [0.1, 0.15) is 5.66 Å². The number of rotatable bonds is 6. The van der Waals surface area contributed by atoms with Gasteiger partial charge in [-0.3, -0.25) is 15.0 Å². The molecule has 0 spiro atoms. The number of benzene rings is 1. The summed E-state index contributed by atoms with van der Waals surface area (Å²) in [6, 6.07) is 7.92. The van der Waals surface area contributed by atoms with Gasteiger partial charge in [0.2, 0.25) is 0 Å². The predicted octanol–water partition coefficient (Wildman–Crippen LogP) is 1.59. The summed E-state index contributed by atoms with van der Waals surface area (Å²) in [7, 11) is 5.70. The molecule has 122 valence electrons. The molecule has 0 saturated carbocycles. The van der Waals surface area contributed by atoms with Crippen molar-refractivity contribution < 1.29 is 9.53 Å². The number of hydrogen-bond acceptors (Lipinski definition) is 5. The van der Waals surface area contributed by atoms with Crippen LogP contribution in [-0.2, 0) is 4.74 Å². The van der Waals surface area contributed by atoms with Gasteiger partial charge < -0.3 is 9.64 Å². The molecule has 1 aromatic rings. The Labute approximate surface area is 133 Å². The predicted molar refractivity (Wildman–Crippen MR) is 89.6 cm³/mol. The summed E-state index contributed by atoms with van der Waals surface area (Å²) in [6.45, 7) is 5.36. The molecule has 1 aliphatic rings. The molecule has 1 aromatic carbocycles. The standard InChI is InChI=1S/C17H27N3O2/c1-5-17(18-2,19(3)4)16(21)14-6-8-15(9-7-14)20-10-12-22-13-11-20/h6-9,18H,5,10-13H2,1-4H3. The molecular weight excluding hydrogens is 278 g/mol. The van der Waals surface area contributed by atoms with Crippen LogP contribution >= 0.6 is 0 Å². The number of morpholine rings is 1. The van der Waals surface area contributed by atoms with Crippen molar-refractivity contribution in [1.29, 1.82) is 0 Å². The molecule has 5 heteroatoms. The van der Waals surface area contributed by atoms with E-state index in [0.717, 1.165) is 37.6 Å². The third-order valence-corrected chi connectivity index (χ3v) is 4.57. The Kier molecular flexibility index (Phi) is 5.56. The third kappa shape index (κ3) is 3.16. The molecule has 1 heterocycles. The van der Waals surface area contributed by atoms with Crippen molar-refractivity contribution in [2.45, 2.75) is 19.0 Å². The molecule has 5 nitrogen and oxygen atoms in total. The number of nitrogens with one attached hydrogen (secondary N) is 1. The van der Waals surface area contributed by atoms with Crippen molar-refractivity contribution in [3.63, 3.8) is 0 Å². The van der Waals surface area contributed by atoms with Crippen molar-refractivity contribution >= 4 is 11.5 Å². The minimum atomic E-state index is -0.652. The molecule has 0 aliphatic carbocycles. The second kappa shape index (κ2) is 7.22. The maximum Gasteiger partial charge on any atom is 0.197 e. The number of anilines is 1. The molecule has 0 radical (unpaired) electrons. The maximum atomic E-state index is 12.9. The fraction of sp³-hybridized carbons (Fsp3) is 0.588. The number of carbonyl (C=O) groups is 1. The van der Waals surface area contributed by atoms with E-state index in [1.165, 1.54) is 0 Å². The number of hydrogen-bond donors (Lipinski definition) is 1. The van der Waals surface area contributed by atoms with E-state index in [-0.39, 0.29) is 5.78 Å². The average molecular weight is 305 g/mol. The zero-order valence-electron chi connectivity index (χ0n) is 14.1. The normalized spacial score (nSPS) is 18.3. The second-order valence-electron chi connectivity index (χ2n) is 5.83. The Hall–Kier alpha value is -1.43. The number of Topliss-reactive ketones (excluding diaryl/α,β-unsaturated/α-hetero) is 1. The van der Waals surface area contributed by atoms with Gasteiger partial charge >= 0.3 is 0 Å². The number of carbonyl (C=O) groups excluding carboxylic acids is 1. The fourth-order valence-electron chi connectivity index (χ4n) is 3.08. The highest BCUT2D eigenvalue weighted by Crippen LogP contribution is 2.22. The SMILES string of the molecule is CCC(NC)(C(=O)c1ccc(N2CCOCC2)cc1)N(C)C. The van der Waals surface area contributed by atoms with Gasteiger partial charge in [-0.25, -0.2) is 0 Å². The van der Waals surface area contributed by atoms with Crippen molar-refractivity contribution in [2.75, 3.05) is 52.3 Å². The highest BCUT2D eigenvalue weighted by atomic mass is 16.5. The number of ketones is 1. The van der Waals surface area contributed by atoms with Crippen LogP contribution < -0.4 is 10.2 Å². The third-order valence-electron chi connectivity index (χ3n) is 4.57. The largest absolute Gasteiger partial charge is 0.378 e. The summed E-state index contributed by atoms with van der Waals surface area (Å²) in [6.07, 6.45) is 0.709. The van der Waals surface area contributed by atoms with Crippen LogP contribution in [0.15, 0.2) is 24.3 Å². The summed E-state index contributed by atoms with van der Waals surface area (Å²) in [4.78, 5) is 17.2. The van der Waals surface area contributed by atoms with Crippen molar-refractivity contribution in [3.05, 3.63) is 29.8 Å². The van der Waals surface area contributed by atoms with Crippen LogP contribution in [0.2, 0.25) is 0 Å². The van der Waals surface area contributed by atoms with Gasteiger partial charge in [0.15, 0.2) is 5.78 Å². The van der Waals surface area contributed by atoms with Gasteiger partial charge in [0.25, 0.3) is 0 Å². The lowest BCUT2D eigenvalue weighted by Gasteiger charge is -2.37. The van der Waals surface area contributed by atoms with Crippen LogP contribution in [0.3, 0.4) is 0 Å². The Morgan fingerprint density at radius 2 is 1.86 bits per heavy atom. The Balaban J connectivity index is 2.20. The van der Waals surface area contributed by atoms with Gasteiger partial charge in [-0.1, -0.05) is 6.92 Å². The smallest absolute Gasteiger partial charge is 0.197 e. The first-order valence-electron chi connectivity index (χ1n) is 7.89. The zero-order valence-corrected chi connectivity index (χ0v) is 14.1. The average Bonchev–Trinajstić information content (AvgIpc) is 2.57. The van der Waals surface area contributed by atoms with Crippen LogP contribution in [0.5, 0.6) is 0 Å². The molecule has 1 N–H and O–H groups in total. The highest BCUT2D eigenvalue weighted by molar-refractivity contribution is 6.03. The molecule has 0 amide bonds. The monoisotopic (exact) mass is 305 g/mol. The summed E-state index contributed by atoms with van der Waals surface area (Å²) in [5.41, 5.74) is 1.23. The van der Waals surface area contributed by atoms with E-state index in [1.54, 1.807) is 0 Å². The van der Waals surface area contributed by atoms with Crippen LogP contribution in [0.4, 0.5) is 5.69 Å². The minimum absolute atomic E-state index is 0.107. The van der Waals surface area contributed by atoms with E-state index in [4.69, 9.17) is 4.74 Å². The van der Waals surface area contributed by atoms with Gasteiger partial charge in [-0.2, -0.15) is 0 Å². The molecule has 1 saturated heterocycles. The molecule has 1 aliphatic heterocycles. The summed E-state index contributed by atoms with van der Waals surface area (Å²) in [5.74, 6) is 0.107. The lowest BCUT2D eigenvalue weighted by molar-refractivity contribution is 0.0589.